The first-order valence-corrected chi connectivity index (χ1v) is 9.46. The molecule has 0 saturated carbocycles. The van der Waals surface area contributed by atoms with Gasteiger partial charge in [-0.1, -0.05) is 0 Å². The first kappa shape index (κ1) is 21.4. The van der Waals surface area contributed by atoms with Gasteiger partial charge in [-0.15, -0.1) is 0 Å². The van der Waals surface area contributed by atoms with Crippen LogP contribution >= 0.6 is 22.6 Å². The molecule has 154 valence electrons. The highest BCUT2D eigenvalue weighted by Gasteiger charge is 2.22. The van der Waals surface area contributed by atoms with Crippen LogP contribution in [0.2, 0.25) is 0 Å². The van der Waals surface area contributed by atoms with E-state index in [4.69, 9.17) is 9.94 Å². The van der Waals surface area contributed by atoms with Gasteiger partial charge in [0.15, 0.2) is 5.82 Å². The number of amides is 1. The third kappa shape index (κ3) is 4.63. The Morgan fingerprint density at radius 1 is 1.38 bits per heavy atom. The zero-order valence-electron chi connectivity index (χ0n) is 15.1. The SMILES string of the molecule is Cn1cnc2c(F)c(Nc3ccc(I)cc3F)c(C(=O)NOC[C@H](O)CO)cc21. The Kier molecular flexibility index (Phi) is 6.62. The molecule has 29 heavy (non-hydrogen) atoms. The Morgan fingerprint density at radius 3 is 2.83 bits per heavy atom. The van der Waals surface area contributed by atoms with Crippen molar-refractivity contribution in [2.45, 2.75) is 6.10 Å². The summed E-state index contributed by atoms with van der Waals surface area (Å²) in [5.41, 5.74) is 1.97. The van der Waals surface area contributed by atoms with Crippen LogP contribution in [0.4, 0.5) is 20.2 Å². The summed E-state index contributed by atoms with van der Waals surface area (Å²) in [6, 6.07) is 5.70. The molecule has 11 heteroatoms. The number of carbonyl (C=O) groups is 1. The van der Waals surface area contributed by atoms with Gasteiger partial charge in [0.2, 0.25) is 0 Å². The van der Waals surface area contributed by atoms with Crippen LogP contribution in [-0.2, 0) is 11.9 Å². The Balaban J connectivity index is 2.00. The lowest BCUT2D eigenvalue weighted by atomic mass is 10.1. The number of halogens is 3. The van der Waals surface area contributed by atoms with Crippen molar-refractivity contribution in [3.63, 3.8) is 0 Å². The number of nitrogens with zero attached hydrogens (tertiary/aromatic N) is 2. The molecule has 3 aromatic rings. The van der Waals surface area contributed by atoms with Crippen molar-refractivity contribution >= 4 is 50.9 Å². The van der Waals surface area contributed by atoms with E-state index in [2.05, 4.69) is 15.8 Å². The van der Waals surface area contributed by atoms with E-state index in [0.717, 1.165) is 0 Å². The number of nitrogens with one attached hydrogen (secondary N) is 2. The highest BCUT2D eigenvalue weighted by molar-refractivity contribution is 14.1. The number of aryl methyl sites for hydroxylation is 1. The van der Waals surface area contributed by atoms with Crippen molar-refractivity contribution < 1.29 is 28.6 Å². The standard InChI is InChI=1S/C18H17F2IN4O4/c1-25-8-22-17-14(25)5-11(18(28)24-29-7-10(27)6-26)16(15(17)20)23-13-3-2-9(21)4-12(13)19/h2-5,8,10,23,26-27H,6-7H2,1H3,(H,24,28)/t10-/m1/s1. The van der Waals surface area contributed by atoms with Crippen LogP contribution in [-0.4, -0.2) is 45.0 Å². The van der Waals surface area contributed by atoms with Crippen LogP contribution in [0.25, 0.3) is 11.0 Å². The summed E-state index contributed by atoms with van der Waals surface area (Å²) in [5, 5.41) is 20.7. The van der Waals surface area contributed by atoms with E-state index < -0.39 is 30.3 Å². The largest absolute Gasteiger partial charge is 0.394 e. The highest BCUT2D eigenvalue weighted by Crippen LogP contribution is 2.31. The molecule has 0 bridgehead atoms. The summed E-state index contributed by atoms with van der Waals surface area (Å²) < 4.78 is 31.6. The summed E-state index contributed by atoms with van der Waals surface area (Å²) >= 11 is 1.94. The minimum Gasteiger partial charge on any atom is -0.394 e. The lowest BCUT2D eigenvalue weighted by Gasteiger charge is -2.15. The van der Waals surface area contributed by atoms with Gasteiger partial charge in [-0.2, -0.15) is 0 Å². The predicted molar refractivity (Wildman–Crippen MR) is 110 cm³/mol. The second-order valence-electron chi connectivity index (χ2n) is 6.16. The molecule has 8 nitrogen and oxygen atoms in total. The maximum atomic E-state index is 15.1. The van der Waals surface area contributed by atoms with Gasteiger partial charge in [0.1, 0.15) is 24.0 Å². The van der Waals surface area contributed by atoms with Crippen molar-refractivity contribution in [2.75, 3.05) is 18.5 Å². The second kappa shape index (κ2) is 8.98. The molecular formula is C18H17F2IN4O4. The van der Waals surface area contributed by atoms with E-state index in [-0.39, 0.29) is 29.1 Å². The van der Waals surface area contributed by atoms with Gasteiger partial charge in [0.25, 0.3) is 5.91 Å². The van der Waals surface area contributed by atoms with Gasteiger partial charge < -0.3 is 20.1 Å². The molecule has 1 aromatic heterocycles. The number of hydrogen-bond acceptors (Lipinski definition) is 6. The van der Waals surface area contributed by atoms with Crippen molar-refractivity contribution in [1.29, 1.82) is 0 Å². The number of benzene rings is 2. The van der Waals surface area contributed by atoms with Crippen molar-refractivity contribution in [3.8, 4) is 0 Å². The lowest BCUT2D eigenvalue weighted by molar-refractivity contribution is -0.0295. The number of fused-ring (bicyclic) bond motifs is 1. The molecule has 3 rings (SSSR count). The number of aliphatic hydroxyl groups is 2. The number of rotatable bonds is 7. The number of carbonyl (C=O) groups excluding carboxylic acids is 1. The number of anilines is 2. The normalized spacial score (nSPS) is 12.2. The number of imidazole rings is 1. The van der Waals surface area contributed by atoms with Gasteiger partial charge in [-0.05, 0) is 46.9 Å². The van der Waals surface area contributed by atoms with E-state index in [1.54, 1.807) is 13.1 Å². The third-order valence-corrected chi connectivity index (χ3v) is 4.72. The quantitative estimate of drug-likeness (QED) is 0.282. The summed E-state index contributed by atoms with van der Waals surface area (Å²) in [6.45, 7) is -0.919. The number of aliphatic hydroxyl groups excluding tert-OH is 2. The first-order chi connectivity index (χ1) is 13.8. The third-order valence-electron chi connectivity index (χ3n) is 4.05. The van der Waals surface area contributed by atoms with Crippen LogP contribution in [0.3, 0.4) is 0 Å². The van der Waals surface area contributed by atoms with E-state index in [0.29, 0.717) is 9.09 Å². The van der Waals surface area contributed by atoms with Crippen LogP contribution in [0.15, 0.2) is 30.6 Å². The Labute approximate surface area is 177 Å². The van der Waals surface area contributed by atoms with Gasteiger partial charge >= 0.3 is 0 Å². The molecule has 0 aliphatic rings. The van der Waals surface area contributed by atoms with E-state index in [1.807, 2.05) is 22.6 Å². The summed E-state index contributed by atoms with van der Waals surface area (Å²) in [5.74, 6) is -2.28. The van der Waals surface area contributed by atoms with E-state index >= 15 is 4.39 Å². The van der Waals surface area contributed by atoms with Crippen LogP contribution in [0, 0.1) is 15.2 Å². The van der Waals surface area contributed by atoms with E-state index in [1.165, 1.54) is 29.1 Å². The smallest absolute Gasteiger partial charge is 0.277 e. The van der Waals surface area contributed by atoms with Gasteiger partial charge in [0.05, 0.1) is 35.4 Å². The number of hydrogen-bond donors (Lipinski definition) is 4. The van der Waals surface area contributed by atoms with Gasteiger partial charge in [-0.25, -0.2) is 19.2 Å². The molecular weight excluding hydrogens is 501 g/mol. The first-order valence-electron chi connectivity index (χ1n) is 8.38. The average molecular weight is 518 g/mol. The molecule has 0 spiro atoms. The summed E-state index contributed by atoms with van der Waals surface area (Å²) in [4.78, 5) is 21.4. The maximum absolute atomic E-state index is 15.1. The van der Waals surface area contributed by atoms with E-state index in [9.17, 15) is 14.3 Å². The molecule has 1 heterocycles. The Hall–Kier alpha value is -2.35. The molecule has 0 unspecified atom stereocenters. The predicted octanol–water partition coefficient (Wildman–Crippen LogP) is 2.21. The molecule has 0 aliphatic heterocycles. The topological polar surface area (TPSA) is 109 Å². The molecule has 0 aliphatic carbocycles. The molecule has 1 atom stereocenters. The molecule has 0 saturated heterocycles. The fraction of sp³-hybridized carbons (Fsp3) is 0.222. The lowest BCUT2D eigenvalue weighted by Crippen LogP contribution is -2.30. The second-order valence-corrected chi connectivity index (χ2v) is 7.41. The average Bonchev–Trinajstić information content (AvgIpc) is 3.06. The molecule has 0 radical (unpaired) electrons. The molecule has 1 amide bonds. The fourth-order valence-corrected chi connectivity index (χ4v) is 3.02. The zero-order valence-corrected chi connectivity index (χ0v) is 17.3. The Bertz CT molecular complexity index is 1060. The number of hydroxylamine groups is 1. The maximum Gasteiger partial charge on any atom is 0.277 e. The van der Waals surface area contributed by atoms with Crippen LogP contribution in [0.5, 0.6) is 0 Å². The fourth-order valence-electron chi connectivity index (χ4n) is 2.56. The van der Waals surface area contributed by atoms with Crippen molar-refractivity contribution in [1.82, 2.24) is 15.0 Å². The van der Waals surface area contributed by atoms with Crippen molar-refractivity contribution in [3.05, 3.63) is 51.4 Å². The highest BCUT2D eigenvalue weighted by atomic mass is 127. The summed E-state index contributed by atoms with van der Waals surface area (Å²) in [7, 11) is 1.64. The number of aromatic nitrogens is 2. The monoisotopic (exact) mass is 518 g/mol. The van der Waals surface area contributed by atoms with Gasteiger partial charge in [0, 0.05) is 10.6 Å². The van der Waals surface area contributed by atoms with Gasteiger partial charge in [-0.3, -0.25) is 9.63 Å². The minimum absolute atomic E-state index is 0.00842. The summed E-state index contributed by atoms with van der Waals surface area (Å²) in [6.07, 6.45) is 0.198. The molecule has 0 fully saturated rings. The minimum atomic E-state index is -1.19. The zero-order chi connectivity index (χ0) is 21.1. The van der Waals surface area contributed by atoms with Crippen LogP contribution < -0.4 is 10.8 Å². The molecule has 4 N–H and O–H groups in total. The van der Waals surface area contributed by atoms with Crippen molar-refractivity contribution in [2.24, 2.45) is 7.05 Å². The van der Waals surface area contributed by atoms with Crippen LogP contribution in [0.1, 0.15) is 10.4 Å². The Morgan fingerprint density at radius 2 is 2.14 bits per heavy atom. The molecule has 2 aromatic carbocycles.